The molecule has 1 saturated carbocycles. The van der Waals surface area contributed by atoms with Crippen LogP contribution in [0.1, 0.15) is 61.3 Å². The fourth-order valence-electron chi connectivity index (χ4n) is 4.22. The molecule has 1 aliphatic carbocycles. The lowest BCUT2D eigenvalue weighted by atomic mass is 10.1. The minimum absolute atomic E-state index is 0.0515. The van der Waals surface area contributed by atoms with E-state index >= 15 is 0 Å². The number of hydrogen-bond donors (Lipinski definition) is 0. The van der Waals surface area contributed by atoms with Crippen LogP contribution in [0, 0.1) is 0 Å². The van der Waals surface area contributed by atoms with Gasteiger partial charge in [0.2, 0.25) is 0 Å². The number of methoxy groups -OCH3 is 2. The lowest BCUT2D eigenvalue weighted by Crippen LogP contribution is -2.48. The number of rotatable bonds is 6. The summed E-state index contributed by atoms with van der Waals surface area (Å²) in [6.45, 7) is 10.4. The summed E-state index contributed by atoms with van der Waals surface area (Å²) in [4.78, 5) is 17.5. The van der Waals surface area contributed by atoms with Gasteiger partial charge in [-0.3, -0.25) is 14.4 Å². The van der Waals surface area contributed by atoms with Crippen LogP contribution < -0.4 is 9.47 Å². The van der Waals surface area contributed by atoms with Gasteiger partial charge in [0.1, 0.15) is 0 Å². The van der Waals surface area contributed by atoms with E-state index < -0.39 is 0 Å². The number of ether oxygens (including phenoxy) is 2. The van der Waals surface area contributed by atoms with Crippen LogP contribution in [0.25, 0.3) is 0 Å². The molecule has 7 heteroatoms. The van der Waals surface area contributed by atoms with Gasteiger partial charge >= 0.3 is 0 Å². The van der Waals surface area contributed by atoms with Gasteiger partial charge in [0.05, 0.1) is 19.8 Å². The SMILES string of the molecule is COc1ccc(CN2CCN(C(=O)c3cc(C4CC4)n(C(C)(C)C)n3)CC2)cc1OC. The zero-order valence-electron chi connectivity index (χ0n) is 19.4. The fourth-order valence-corrected chi connectivity index (χ4v) is 4.22. The number of hydrogen-bond acceptors (Lipinski definition) is 5. The van der Waals surface area contributed by atoms with Crippen molar-refractivity contribution in [2.75, 3.05) is 40.4 Å². The Hall–Kier alpha value is -2.54. The highest BCUT2D eigenvalue weighted by Gasteiger charge is 2.33. The van der Waals surface area contributed by atoms with Gasteiger partial charge in [-0.25, -0.2) is 0 Å². The highest BCUT2D eigenvalue weighted by molar-refractivity contribution is 5.92. The number of carbonyl (C=O) groups excluding carboxylic acids is 1. The van der Waals surface area contributed by atoms with E-state index in [4.69, 9.17) is 14.6 Å². The molecule has 0 unspecified atom stereocenters. The minimum atomic E-state index is -0.116. The lowest BCUT2D eigenvalue weighted by Gasteiger charge is -2.34. The zero-order valence-corrected chi connectivity index (χ0v) is 19.4. The summed E-state index contributed by atoms with van der Waals surface area (Å²) in [5, 5.41) is 4.73. The molecule has 4 rings (SSSR count). The van der Waals surface area contributed by atoms with Gasteiger partial charge in [-0.1, -0.05) is 6.07 Å². The monoisotopic (exact) mass is 426 g/mol. The fraction of sp³-hybridized carbons (Fsp3) is 0.583. The standard InChI is InChI=1S/C24H34N4O3/c1-24(2,3)28-20(18-7-8-18)15-19(25-28)23(29)27-12-10-26(11-13-27)16-17-6-9-21(30-4)22(14-17)31-5/h6,9,14-15,18H,7-8,10-13,16H2,1-5H3. The Bertz CT molecular complexity index is 935. The predicted molar refractivity (Wildman–Crippen MR) is 120 cm³/mol. The summed E-state index contributed by atoms with van der Waals surface area (Å²) >= 11 is 0. The smallest absolute Gasteiger partial charge is 0.274 e. The molecule has 2 fully saturated rings. The Morgan fingerprint density at radius 3 is 2.29 bits per heavy atom. The highest BCUT2D eigenvalue weighted by atomic mass is 16.5. The van der Waals surface area contributed by atoms with Gasteiger partial charge < -0.3 is 14.4 Å². The van der Waals surface area contributed by atoms with Crippen LogP contribution in [0.3, 0.4) is 0 Å². The van der Waals surface area contributed by atoms with Gasteiger partial charge in [0.25, 0.3) is 5.91 Å². The second-order valence-corrected chi connectivity index (χ2v) is 9.57. The number of carbonyl (C=O) groups is 1. The van der Waals surface area contributed by atoms with Gasteiger partial charge in [0, 0.05) is 44.3 Å². The maximum Gasteiger partial charge on any atom is 0.274 e. The minimum Gasteiger partial charge on any atom is -0.493 e. The summed E-state index contributed by atoms with van der Waals surface area (Å²) in [5.74, 6) is 2.10. The van der Waals surface area contributed by atoms with E-state index in [9.17, 15) is 4.79 Å². The lowest BCUT2D eigenvalue weighted by molar-refractivity contribution is 0.0621. The first-order valence-electron chi connectivity index (χ1n) is 11.1. The summed E-state index contributed by atoms with van der Waals surface area (Å²) in [6, 6.07) is 8.06. The van der Waals surface area contributed by atoms with Crippen LogP contribution in [0.4, 0.5) is 0 Å². The Balaban J connectivity index is 1.38. The molecule has 2 heterocycles. The molecule has 31 heavy (non-hydrogen) atoms. The Labute approximate surface area is 184 Å². The molecular weight excluding hydrogens is 392 g/mol. The average Bonchev–Trinajstić information content (AvgIpc) is 3.50. The van der Waals surface area contributed by atoms with E-state index in [1.165, 1.54) is 24.1 Å². The Kier molecular flexibility index (Phi) is 5.97. The quantitative estimate of drug-likeness (QED) is 0.708. The highest BCUT2D eigenvalue weighted by Crippen LogP contribution is 2.41. The predicted octanol–water partition coefficient (Wildman–Crippen LogP) is 3.49. The molecule has 168 valence electrons. The van der Waals surface area contributed by atoms with E-state index in [0.717, 1.165) is 31.1 Å². The number of benzene rings is 1. The molecule has 0 atom stereocenters. The van der Waals surface area contributed by atoms with E-state index in [1.54, 1.807) is 14.2 Å². The van der Waals surface area contributed by atoms with Crippen molar-refractivity contribution in [1.29, 1.82) is 0 Å². The molecule has 1 saturated heterocycles. The van der Waals surface area contributed by atoms with Crippen molar-refractivity contribution in [2.24, 2.45) is 0 Å². The summed E-state index contributed by atoms with van der Waals surface area (Å²) in [6.07, 6.45) is 2.40. The van der Waals surface area contributed by atoms with Crippen molar-refractivity contribution >= 4 is 5.91 Å². The number of aromatic nitrogens is 2. The zero-order chi connectivity index (χ0) is 22.2. The van der Waals surface area contributed by atoms with Crippen molar-refractivity contribution in [2.45, 2.75) is 51.6 Å². The molecule has 2 aliphatic rings. The van der Waals surface area contributed by atoms with Crippen LogP contribution in [0.5, 0.6) is 11.5 Å². The van der Waals surface area contributed by atoms with Gasteiger partial charge in [-0.2, -0.15) is 5.10 Å². The second kappa shape index (κ2) is 8.54. The molecular formula is C24H34N4O3. The second-order valence-electron chi connectivity index (χ2n) is 9.57. The van der Waals surface area contributed by atoms with E-state index in [-0.39, 0.29) is 11.4 Å². The van der Waals surface area contributed by atoms with Crippen molar-refractivity contribution < 1.29 is 14.3 Å². The van der Waals surface area contributed by atoms with Crippen LogP contribution in [-0.4, -0.2) is 65.9 Å². The molecule has 1 amide bonds. The molecule has 7 nitrogen and oxygen atoms in total. The number of piperazine rings is 1. The third kappa shape index (κ3) is 4.71. The molecule has 0 spiro atoms. The van der Waals surface area contributed by atoms with E-state index in [1.807, 2.05) is 23.1 Å². The first-order chi connectivity index (χ1) is 14.8. The first-order valence-corrected chi connectivity index (χ1v) is 11.1. The first kappa shape index (κ1) is 21.7. The Morgan fingerprint density at radius 1 is 1.03 bits per heavy atom. The van der Waals surface area contributed by atoms with Crippen molar-refractivity contribution in [3.05, 3.63) is 41.2 Å². The van der Waals surface area contributed by atoms with Gasteiger partial charge in [-0.05, 0) is 57.4 Å². The van der Waals surface area contributed by atoms with Crippen molar-refractivity contribution in [3.8, 4) is 11.5 Å². The number of amides is 1. The van der Waals surface area contributed by atoms with Crippen molar-refractivity contribution in [3.63, 3.8) is 0 Å². The van der Waals surface area contributed by atoms with Gasteiger partial charge in [-0.15, -0.1) is 0 Å². The molecule has 1 aliphatic heterocycles. The van der Waals surface area contributed by atoms with E-state index in [0.29, 0.717) is 24.7 Å². The third-order valence-electron chi connectivity index (χ3n) is 6.10. The topological polar surface area (TPSA) is 59.8 Å². The molecule has 2 aromatic rings. The summed E-state index contributed by atoms with van der Waals surface area (Å²) in [5.41, 5.74) is 2.86. The summed E-state index contributed by atoms with van der Waals surface area (Å²) in [7, 11) is 3.30. The summed E-state index contributed by atoms with van der Waals surface area (Å²) < 4.78 is 12.8. The molecule has 0 radical (unpaired) electrons. The normalized spacial score (nSPS) is 17.6. The van der Waals surface area contributed by atoms with Crippen molar-refractivity contribution in [1.82, 2.24) is 19.6 Å². The maximum absolute atomic E-state index is 13.2. The molecule has 1 aromatic carbocycles. The van der Waals surface area contributed by atoms with E-state index in [2.05, 4.69) is 36.4 Å². The maximum atomic E-state index is 13.2. The van der Waals surface area contributed by atoms with Crippen LogP contribution >= 0.6 is 0 Å². The molecule has 1 aromatic heterocycles. The average molecular weight is 427 g/mol. The molecule has 0 bridgehead atoms. The van der Waals surface area contributed by atoms with Crippen LogP contribution in [-0.2, 0) is 12.1 Å². The Morgan fingerprint density at radius 2 is 1.71 bits per heavy atom. The van der Waals surface area contributed by atoms with Gasteiger partial charge in [0.15, 0.2) is 17.2 Å². The van der Waals surface area contributed by atoms with Crippen LogP contribution in [0.15, 0.2) is 24.3 Å². The third-order valence-corrected chi connectivity index (χ3v) is 6.10. The molecule has 0 N–H and O–H groups in total. The number of nitrogens with zero attached hydrogens (tertiary/aromatic N) is 4. The largest absolute Gasteiger partial charge is 0.493 e. The van der Waals surface area contributed by atoms with Crippen LogP contribution in [0.2, 0.25) is 0 Å².